The lowest BCUT2D eigenvalue weighted by atomic mass is 9.82. The SMILES string of the molecule is CC(C)C(CC(C)(C)C)N1CCCCC1.CC(O)CC(C)(C)C.CN(C)C(CC(C)(C)C)c1ccccc1. The predicted octanol–water partition coefficient (Wildman–Crippen LogP) is 9.46. The van der Waals surface area contributed by atoms with Crippen molar-refractivity contribution in [1.82, 2.24) is 9.80 Å². The van der Waals surface area contributed by atoms with Crippen LogP contribution < -0.4 is 0 Å². The molecule has 1 aliphatic heterocycles. The molecule has 1 aromatic rings. The first kappa shape index (κ1) is 37.1. The Morgan fingerprint density at radius 2 is 1.16 bits per heavy atom. The average Bonchev–Trinajstić information content (AvgIpc) is 2.75. The molecule has 1 aromatic carbocycles. The Labute approximate surface area is 239 Å². The van der Waals surface area contributed by atoms with Crippen LogP contribution >= 0.6 is 0 Å². The molecule has 0 radical (unpaired) electrons. The molecule has 3 atom stereocenters. The third-order valence-corrected chi connectivity index (χ3v) is 6.97. The zero-order valence-electron chi connectivity index (χ0n) is 28.2. The number of hydrogen-bond acceptors (Lipinski definition) is 3. The van der Waals surface area contributed by atoms with Gasteiger partial charge in [-0.05, 0) is 93.9 Å². The quantitative estimate of drug-likeness (QED) is 0.379. The van der Waals surface area contributed by atoms with E-state index in [1.807, 2.05) is 6.92 Å². The summed E-state index contributed by atoms with van der Waals surface area (Å²) in [6.07, 6.45) is 7.51. The zero-order valence-corrected chi connectivity index (χ0v) is 28.2. The first-order valence-electron chi connectivity index (χ1n) is 15.4. The molecule has 224 valence electrons. The van der Waals surface area contributed by atoms with Gasteiger partial charge in [0, 0.05) is 12.1 Å². The molecule has 3 heteroatoms. The van der Waals surface area contributed by atoms with Crippen LogP contribution in [0.2, 0.25) is 0 Å². The molecular weight excluding hydrogens is 464 g/mol. The molecule has 0 amide bonds. The molecule has 1 saturated heterocycles. The van der Waals surface area contributed by atoms with Gasteiger partial charge in [-0.3, -0.25) is 0 Å². The van der Waals surface area contributed by atoms with Crippen LogP contribution in [0.4, 0.5) is 0 Å². The molecule has 1 N–H and O–H groups in total. The fourth-order valence-corrected chi connectivity index (χ4v) is 5.40. The average molecular weight is 533 g/mol. The Balaban J connectivity index is 0.000000569. The lowest BCUT2D eigenvalue weighted by molar-refractivity contribution is 0.0927. The number of piperidine rings is 1. The van der Waals surface area contributed by atoms with E-state index in [1.54, 1.807) is 0 Å². The molecule has 0 saturated carbocycles. The van der Waals surface area contributed by atoms with Crippen molar-refractivity contribution >= 4 is 0 Å². The van der Waals surface area contributed by atoms with E-state index in [9.17, 15) is 0 Å². The highest BCUT2D eigenvalue weighted by atomic mass is 16.3. The van der Waals surface area contributed by atoms with Gasteiger partial charge in [0.25, 0.3) is 0 Å². The van der Waals surface area contributed by atoms with Crippen LogP contribution in [0.15, 0.2) is 30.3 Å². The zero-order chi connectivity index (χ0) is 29.7. The second-order valence-corrected chi connectivity index (χ2v) is 15.9. The highest BCUT2D eigenvalue weighted by Crippen LogP contribution is 2.32. The van der Waals surface area contributed by atoms with Crippen LogP contribution in [0.5, 0.6) is 0 Å². The second kappa shape index (κ2) is 17.0. The maximum Gasteiger partial charge on any atom is 0.0517 e. The van der Waals surface area contributed by atoms with Crippen LogP contribution in [0.1, 0.15) is 133 Å². The molecule has 1 fully saturated rings. The summed E-state index contributed by atoms with van der Waals surface area (Å²) in [5.41, 5.74) is 2.52. The smallest absolute Gasteiger partial charge is 0.0517 e. The summed E-state index contributed by atoms with van der Waals surface area (Å²) in [6.45, 7) is 29.6. The number of rotatable bonds is 7. The molecule has 0 bridgehead atoms. The highest BCUT2D eigenvalue weighted by Gasteiger charge is 2.27. The van der Waals surface area contributed by atoms with E-state index in [-0.39, 0.29) is 11.5 Å². The van der Waals surface area contributed by atoms with Crippen molar-refractivity contribution in [2.75, 3.05) is 27.2 Å². The normalized spacial score (nSPS) is 17.7. The fourth-order valence-electron chi connectivity index (χ4n) is 5.40. The van der Waals surface area contributed by atoms with Gasteiger partial charge in [0.2, 0.25) is 0 Å². The molecule has 0 aromatic heterocycles. The number of aliphatic hydroxyl groups excluding tert-OH is 1. The van der Waals surface area contributed by atoms with Gasteiger partial charge in [0.15, 0.2) is 0 Å². The molecule has 2 rings (SSSR count). The second-order valence-electron chi connectivity index (χ2n) is 15.9. The van der Waals surface area contributed by atoms with Crippen molar-refractivity contribution in [1.29, 1.82) is 0 Å². The van der Waals surface area contributed by atoms with Gasteiger partial charge >= 0.3 is 0 Å². The minimum Gasteiger partial charge on any atom is -0.393 e. The molecule has 3 unspecified atom stereocenters. The predicted molar refractivity (Wildman–Crippen MR) is 171 cm³/mol. The Morgan fingerprint density at radius 1 is 0.711 bits per heavy atom. The first-order valence-corrected chi connectivity index (χ1v) is 15.4. The van der Waals surface area contributed by atoms with Crippen LogP contribution in [0.3, 0.4) is 0 Å². The van der Waals surface area contributed by atoms with Gasteiger partial charge < -0.3 is 14.9 Å². The largest absolute Gasteiger partial charge is 0.393 e. The Kier molecular flexibility index (Phi) is 16.6. The maximum absolute atomic E-state index is 8.89. The summed E-state index contributed by atoms with van der Waals surface area (Å²) in [4.78, 5) is 5.04. The topological polar surface area (TPSA) is 26.7 Å². The van der Waals surface area contributed by atoms with Gasteiger partial charge in [-0.2, -0.15) is 0 Å². The summed E-state index contributed by atoms with van der Waals surface area (Å²) >= 11 is 0. The van der Waals surface area contributed by atoms with Crippen LogP contribution in [0.25, 0.3) is 0 Å². The summed E-state index contributed by atoms with van der Waals surface area (Å²) in [5.74, 6) is 0.794. The number of hydrogen-bond donors (Lipinski definition) is 1. The van der Waals surface area contributed by atoms with Crippen LogP contribution in [-0.2, 0) is 0 Å². The van der Waals surface area contributed by atoms with Crippen molar-refractivity contribution < 1.29 is 5.11 Å². The molecule has 1 heterocycles. The molecule has 3 nitrogen and oxygen atoms in total. The van der Waals surface area contributed by atoms with Gasteiger partial charge in [0.05, 0.1) is 6.10 Å². The number of likely N-dealkylation sites (tertiary alicyclic amines) is 1. The standard InChI is InChI=1S/C14H23N.C14H29N.C7H16O/c1-14(2,3)11-13(15(4)5)12-9-7-6-8-10-12;1-12(2)13(11-14(3,4)5)15-9-7-6-8-10-15;1-6(8)5-7(2,3)4/h6-10,13H,11H2,1-5H3;12-13H,6-11H2,1-5H3;6,8H,5H2,1-4H3. The maximum atomic E-state index is 8.89. The van der Waals surface area contributed by atoms with Gasteiger partial charge in [-0.15, -0.1) is 0 Å². The molecule has 0 aliphatic carbocycles. The van der Waals surface area contributed by atoms with E-state index < -0.39 is 0 Å². The Bertz CT molecular complexity index is 698. The minimum atomic E-state index is -0.157. The van der Waals surface area contributed by atoms with E-state index in [4.69, 9.17) is 5.11 Å². The van der Waals surface area contributed by atoms with Crippen molar-refractivity contribution in [3.8, 4) is 0 Å². The molecular formula is C35H68N2O. The van der Waals surface area contributed by atoms with Gasteiger partial charge in [-0.25, -0.2) is 0 Å². The van der Waals surface area contributed by atoms with E-state index in [1.165, 1.54) is 50.8 Å². The van der Waals surface area contributed by atoms with Crippen LogP contribution in [-0.4, -0.2) is 54.2 Å². The number of nitrogens with zero attached hydrogens (tertiary/aromatic N) is 2. The summed E-state index contributed by atoms with van der Waals surface area (Å²) in [5, 5.41) is 8.89. The number of benzene rings is 1. The van der Waals surface area contributed by atoms with Gasteiger partial charge in [0.1, 0.15) is 0 Å². The van der Waals surface area contributed by atoms with E-state index in [2.05, 4.69) is 130 Å². The third kappa shape index (κ3) is 19.2. The van der Waals surface area contributed by atoms with E-state index in [0.29, 0.717) is 16.9 Å². The van der Waals surface area contributed by atoms with Crippen molar-refractivity contribution in [2.45, 2.75) is 140 Å². The fraction of sp³-hybridized carbons (Fsp3) is 0.829. The third-order valence-electron chi connectivity index (χ3n) is 6.97. The van der Waals surface area contributed by atoms with E-state index >= 15 is 0 Å². The van der Waals surface area contributed by atoms with Crippen molar-refractivity contribution in [3.05, 3.63) is 35.9 Å². The molecule has 0 spiro atoms. The van der Waals surface area contributed by atoms with Gasteiger partial charge in [-0.1, -0.05) is 113 Å². The monoisotopic (exact) mass is 533 g/mol. The van der Waals surface area contributed by atoms with E-state index in [0.717, 1.165) is 18.4 Å². The first-order chi connectivity index (χ1) is 17.2. The lowest BCUT2D eigenvalue weighted by Gasteiger charge is -2.40. The minimum absolute atomic E-state index is 0.157. The molecule has 38 heavy (non-hydrogen) atoms. The lowest BCUT2D eigenvalue weighted by Crippen LogP contribution is -2.44. The number of aliphatic hydroxyl groups is 1. The van der Waals surface area contributed by atoms with Crippen LogP contribution in [0, 0.1) is 22.2 Å². The highest BCUT2D eigenvalue weighted by molar-refractivity contribution is 5.19. The Hall–Kier alpha value is -0.900. The van der Waals surface area contributed by atoms with Crippen molar-refractivity contribution in [3.63, 3.8) is 0 Å². The molecule has 1 aliphatic rings. The summed E-state index contributed by atoms with van der Waals surface area (Å²) in [6, 6.07) is 12.1. The summed E-state index contributed by atoms with van der Waals surface area (Å²) in [7, 11) is 4.31. The van der Waals surface area contributed by atoms with Crippen molar-refractivity contribution in [2.24, 2.45) is 22.2 Å². The Morgan fingerprint density at radius 3 is 1.47 bits per heavy atom. The summed E-state index contributed by atoms with van der Waals surface area (Å²) < 4.78 is 0.